The Labute approximate surface area is 134 Å². The number of halogens is 1. The van der Waals surface area contributed by atoms with Crippen LogP contribution in [0.15, 0.2) is 54.6 Å². The zero-order valence-electron chi connectivity index (χ0n) is 12.7. The Balaban J connectivity index is 0.000000191. The molecule has 0 N–H and O–H groups in total. The summed E-state index contributed by atoms with van der Waals surface area (Å²) in [6.07, 6.45) is 3.99. The Morgan fingerprint density at radius 2 is 1.71 bits per heavy atom. The van der Waals surface area contributed by atoms with E-state index < -0.39 is 0 Å². The summed E-state index contributed by atoms with van der Waals surface area (Å²) in [6, 6.07) is 20.1. The van der Waals surface area contributed by atoms with Crippen molar-refractivity contribution < 1.29 is 0 Å². The average Bonchev–Trinajstić information content (AvgIpc) is 2.90. The van der Waals surface area contributed by atoms with E-state index in [4.69, 9.17) is 0 Å². The van der Waals surface area contributed by atoms with Gasteiger partial charge in [-0.05, 0) is 55.1 Å². The van der Waals surface area contributed by atoms with Gasteiger partial charge < -0.3 is 4.90 Å². The summed E-state index contributed by atoms with van der Waals surface area (Å²) >= 11 is 0. The van der Waals surface area contributed by atoms with Crippen LogP contribution in [0.25, 0.3) is 11.1 Å². The zero-order valence-corrected chi connectivity index (χ0v) is 13.5. The Kier molecular flexibility index (Phi) is 5.84. The van der Waals surface area contributed by atoms with E-state index in [1.54, 1.807) is 0 Å². The smallest absolute Gasteiger partial charge is 0.0136 e. The van der Waals surface area contributed by atoms with Gasteiger partial charge in [-0.3, -0.25) is 0 Å². The lowest BCUT2D eigenvalue weighted by Gasteiger charge is -2.22. The van der Waals surface area contributed by atoms with Gasteiger partial charge in [0, 0.05) is 6.04 Å². The summed E-state index contributed by atoms with van der Waals surface area (Å²) in [7, 11) is 0. The van der Waals surface area contributed by atoms with Crippen molar-refractivity contribution in [2.24, 2.45) is 0 Å². The van der Waals surface area contributed by atoms with E-state index in [2.05, 4.69) is 66.4 Å². The van der Waals surface area contributed by atoms with E-state index >= 15 is 0 Å². The molecule has 0 saturated carbocycles. The molecule has 2 heteroatoms. The molecular formula is C19H24ClN. The van der Waals surface area contributed by atoms with Crippen molar-refractivity contribution in [2.45, 2.75) is 32.2 Å². The van der Waals surface area contributed by atoms with Crippen molar-refractivity contribution in [3.8, 4) is 11.1 Å². The SMILES string of the molecule is CCN1CCCC1Cc1ccccc1.Cl.c1cc2cc-2c1. The molecule has 1 aromatic rings. The molecule has 1 aliphatic heterocycles. The predicted octanol–water partition coefficient (Wildman–Crippen LogP) is 4.80. The molecule has 0 aromatic heterocycles. The second-order valence-electron chi connectivity index (χ2n) is 5.70. The Morgan fingerprint density at radius 3 is 2.24 bits per heavy atom. The third-order valence-corrected chi connectivity index (χ3v) is 4.33. The summed E-state index contributed by atoms with van der Waals surface area (Å²) in [5.74, 6) is 0. The van der Waals surface area contributed by atoms with Gasteiger partial charge in [-0.2, -0.15) is 0 Å². The highest BCUT2D eigenvalue weighted by Crippen LogP contribution is 2.32. The molecule has 0 bridgehead atoms. The highest BCUT2D eigenvalue weighted by atomic mass is 35.5. The van der Waals surface area contributed by atoms with Gasteiger partial charge in [0.05, 0.1) is 0 Å². The number of nitrogens with zero attached hydrogens (tertiary/aromatic N) is 1. The zero-order chi connectivity index (χ0) is 13.8. The van der Waals surface area contributed by atoms with Crippen molar-refractivity contribution >= 4 is 12.4 Å². The number of benzene rings is 2. The van der Waals surface area contributed by atoms with Crippen LogP contribution in [0.4, 0.5) is 0 Å². The monoisotopic (exact) mass is 301 g/mol. The molecule has 1 heterocycles. The summed E-state index contributed by atoms with van der Waals surface area (Å²) in [4.78, 5) is 2.60. The molecule has 1 fully saturated rings. The Bertz CT molecular complexity index is 535. The lowest BCUT2D eigenvalue weighted by molar-refractivity contribution is 0.266. The standard InChI is InChI=1S/C13H19N.C6H4.ClH/c1-2-14-10-6-9-13(14)11-12-7-4-3-5-8-12;1-2-5-4-6(5)3-1;/h3-5,7-8,13H,2,6,9-11H2,1H3;1-4H;1H. The van der Waals surface area contributed by atoms with E-state index in [0.717, 1.165) is 6.04 Å². The van der Waals surface area contributed by atoms with Gasteiger partial charge in [0.1, 0.15) is 0 Å². The predicted molar refractivity (Wildman–Crippen MR) is 93.1 cm³/mol. The van der Waals surface area contributed by atoms with Crippen molar-refractivity contribution in [2.75, 3.05) is 13.1 Å². The van der Waals surface area contributed by atoms with Gasteiger partial charge in [0.15, 0.2) is 0 Å². The number of fused-ring (bicyclic) bond motifs is 1. The molecule has 0 amide bonds. The maximum Gasteiger partial charge on any atom is 0.0136 e. The number of likely N-dealkylation sites (tertiary alicyclic amines) is 1. The van der Waals surface area contributed by atoms with Crippen LogP contribution >= 0.6 is 12.4 Å². The summed E-state index contributed by atoms with van der Waals surface area (Å²) < 4.78 is 0. The minimum absolute atomic E-state index is 0. The lowest BCUT2D eigenvalue weighted by atomic mass is 10.0. The minimum atomic E-state index is 0. The highest BCUT2D eigenvalue weighted by molar-refractivity contribution is 5.85. The second kappa shape index (κ2) is 7.63. The topological polar surface area (TPSA) is 3.24 Å². The van der Waals surface area contributed by atoms with Gasteiger partial charge >= 0.3 is 0 Å². The van der Waals surface area contributed by atoms with E-state index in [0.29, 0.717) is 0 Å². The van der Waals surface area contributed by atoms with Crippen LogP contribution in [0.2, 0.25) is 0 Å². The number of likely N-dealkylation sites (N-methyl/N-ethyl adjacent to an activating group) is 1. The first kappa shape index (κ1) is 16.1. The molecule has 112 valence electrons. The maximum atomic E-state index is 2.60. The third-order valence-electron chi connectivity index (χ3n) is 4.33. The molecule has 1 atom stereocenters. The lowest BCUT2D eigenvalue weighted by Crippen LogP contribution is -2.30. The van der Waals surface area contributed by atoms with E-state index in [1.807, 2.05) is 0 Å². The van der Waals surface area contributed by atoms with Crippen LogP contribution in [0, 0.1) is 0 Å². The van der Waals surface area contributed by atoms with Crippen LogP contribution < -0.4 is 0 Å². The van der Waals surface area contributed by atoms with Crippen LogP contribution in [0.3, 0.4) is 0 Å². The fraction of sp³-hybridized carbons (Fsp3) is 0.368. The quantitative estimate of drug-likeness (QED) is 0.671. The van der Waals surface area contributed by atoms with Gasteiger partial charge in [-0.25, -0.2) is 0 Å². The maximum absolute atomic E-state index is 2.60. The average molecular weight is 302 g/mol. The minimum Gasteiger partial charge on any atom is -0.300 e. The normalized spacial score (nSPS) is 18.4. The van der Waals surface area contributed by atoms with Crippen LogP contribution in [0.1, 0.15) is 25.3 Å². The molecule has 1 unspecified atom stereocenters. The Morgan fingerprint density at radius 1 is 1.00 bits per heavy atom. The van der Waals surface area contributed by atoms with E-state index in [9.17, 15) is 0 Å². The van der Waals surface area contributed by atoms with Crippen LogP contribution in [-0.4, -0.2) is 24.0 Å². The van der Waals surface area contributed by atoms with E-state index in [1.165, 1.54) is 49.0 Å². The van der Waals surface area contributed by atoms with Crippen molar-refractivity contribution in [1.82, 2.24) is 4.90 Å². The van der Waals surface area contributed by atoms with Gasteiger partial charge in [0.25, 0.3) is 0 Å². The second-order valence-corrected chi connectivity index (χ2v) is 5.70. The molecule has 2 aliphatic carbocycles. The number of hydrogen-bond acceptors (Lipinski definition) is 1. The molecule has 3 aliphatic rings. The molecule has 0 radical (unpaired) electrons. The molecule has 1 saturated heterocycles. The first-order chi connectivity index (χ1) is 9.86. The van der Waals surface area contributed by atoms with Crippen LogP contribution in [-0.2, 0) is 6.42 Å². The van der Waals surface area contributed by atoms with Crippen LogP contribution in [0.5, 0.6) is 0 Å². The van der Waals surface area contributed by atoms with Crippen molar-refractivity contribution in [3.05, 3.63) is 60.2 Å². The fourth-order valence-electron chi connectivity index (χ4n) is 3.10. The van der Waals surface area contributed by atoms with Gasteiger partial charge in [-0.15, -0.1) is 12.4 Å². The third kappa shape index (κ3) is 4.33. The molecule has 1 aromatic carbocycles. The largest absolute Gasteiger partial charge is 0.300 e. The Hall–Kier alpha value is -1.31. The molecule has 21 heavy (non-hydrogen) atoms. The number of rotatable bonds is 3. The first-order valence-corrected chi connectivity index (χ1v) is 7.75. The van der Waals surface area contributed by atoms with Gasteiger partial charge in [-0.1, -0.05) is 55.5 Å². The summed E-state index contributed by atoms with van der Waals surface area (Å²) in [5, 5.41) is 0. The highest BCUT2D eigenvalue weighted by Gasteiger charge is 2.22. The summed E-state index contributed by atoms with van der Waals surface area (Å²) in [5.41, 5.74) is 4.34. The fourth-order valence-corrected chi connectivity index (χ4v) is 3.10. The molecule has 4 rings (SSSR count). The summed E-state index contributed by atoms with van der Waals surface area (Å²) in [6.45, 7) is 4.77. The molecule has 1 nitrogen and oxygen atoms in total. The van der Waals surface area contributed by atoms with Crippen molar-refractivity contribution in [3.63, 3.8) is 0 Å². The number of hydrogen-bond donors (Lipinski definition) is 0. The van der Waals surface area contributed by atoms with Crippen molar-refractivity contribution in [1.29, 1.82) is 0 Å². The molecule has 0 spiro atoms. The first-order valence-electron chi connectivity index (χ1n) is 7.75. The molecular weight excluding hydrogens is 278 g/mol. The van der Waals surface area contributed by atoms with E-state index in [-0.39, 0.29) is 12.4 Å². The van der Waals surface area contributed by atoms with Gasteiger partial charge in [0.2, 0.25) is 0 Å².